The van der Waals surface area contributed by atoms with E-state index < -0.39 is 26.4 Å². The van der Waals surface area contributed by atoms with Gasteiger partial charge in [-0.05, 0) is 0 Å². The largest absolute Gasteiger partial charge is 0.461 e. The van der Waals surface area contributed by atoms with Gasteiger partial charge in [0.1, 0.15) is 0 Å². The molecule has 11 heteroatoms. The first-order chi connectivity index (χ1) is 5.75. The van der Waals surface area contributed by atoms with Gasteiger partial charge >= 0.3 is 26.4 Å². The topological polar surface area (TPSA) is 34.1 Å². The zero-order valence-corrected chi connectivity index (χ0v) is 7.32. The van der Waals surface area contributed by atoms with Crippen LogP contribution in [-0.2, 0) is 9.05 Å². The van der Waals surface area contributed by atoms with Crippen molar-refractivity contribution in [1.29, 1.82) is 0 Å². The molecule has 0 spiro atoms. The zero-order chi connectivity index (χ0) is 12.0. The van der Waals surface area contributed by atoms with Crippen molar-refractivity contribution in [2.45, 2.75) is 17.4 Å². The van der Waals surface area contributed by atoms with Gasteiger partial charge in [0, 0.05) is 10.7 Å². The quantitative estimate of drug-likeness (QED) is 0.569. The molecule has 0 saturated carbocycles. The van der Waals surface area contributed by atoms with Gasteiger partial charge in [-0.3, -0.25) is 0 Å². The number of halogens is 8. The Hall–Kier alpha value is -0.250. The van der Waals surface area contributed by atoms with Gasteiger partial charge in [0.05, 0.1) is 0 Å². The monoisotopic (exact) mass is 268 g/mol. The van der Waals surface area contributed by atoms with Gasteiger partial charge in [-0.15, -0.1) is 0 Å². The molecule has 0 radical (unpaired) electrons. The highest BCUT2D eigenvalue weighted by Gasteiger charge is 2.78. The van der Waals surface area contributed by atoms with Gasteiger partial charge in [-0.1, -0.05) is 0 Å². The standard InChI is InChI=1S/C3ClF7O2S/c4-14(12,13)3(10,11)1(5,6)2(7,8)9. The van der Waals surface area contributed by atoms with Crippen molar-refractivity contribution < 1.29 is 39.2 Å². The fourth-order valence-corrected chi connectivity index (χ4v) is 1.03. The average Bonchev–Trinajstić information content (AvgIpc) is 1.81. The third-order valence-electron chi connectivity index (χ3n) is 1.03. The zero-order valence-electron chi connectivity index (χ0n) is 5.75. The molecule has 0 unspecified atom stereocenters. The predicted octanol–water partition coefficient (Wildman–Crippen LogP) is 2.35. The van der Waals surface area contributed by atoms with Crippen molar-refractivity contribution in [2.24, 2.45) is 0 Å². The molecule has 0 aromatic heterocycles. The smallest absolute Gasteiger partial charge is 0.206 e. The van der Waals surface area contributed by atoms with E-state index in [0.717, 1.165) is 0 Å². The molecule has 0 aliphatic carbocycles. The second-order valence-corrected chi connectivity index (χ2v) is 4.63. The fourth-order valence-electron chi connectivity index (χ4n) is 0.318. The summed E-state index contributed by atoms with van der Waals surface area (Å²) in [5.74, 6) is -6.74. The van der Waals surface area contributed by atoms with Crippen LogP contribution >= 0.6 is 10.7 Å². The summed E-state index contributed by atoms with van der Waals surface area (Å²) in [7, 11) is -2.62. The molecule has 0 N–H and O–H groups in total. The molecule has 0 heterocycles. The van der Waals surface area contributed by atoms with Crippen LogP contribution in [0.25, 0.3) is 0 Å². The molecule has 0 aliphatic heterocycles. The lowest BCUT2D eigenvalue weighted by Gasteiger charge is -2.25. The molecule has 2 nitrogen and oxygen atoms in total. The van der Waals surface area contributed by atoms with E-state index in [1.807, 2.05) is 0 Å². The Bertz CT molecular complexity index is 316. The van der Waals surface area contributed by atoms with E-state index in [2.05, 4.69) is 10.7 Å². The second-order valence-electron chi connectivity index (χ2n) is 2.03. The maximum Gasteiger partial charge on any atom is 0.461 e. The number of rotatable bonds is 2. The van der Waals surface area contributed by atoms with E-state index in [-0.39, 0.29) is 0 Å². The van der Waals surface area contributed by atoms with Gasteiger partial charge in [0.2, 0.25) is 0 Å². The van der Waals surface area contributed by atoms with Gasteiger partial charge in [0.25, 0.3) is 0 Å². The minimum absolute atomic E-state index is 3.76. The summed E-state index contributed by atoms with van der Waals surface area (Å²) in [6.07, 6.45) is -6.71. The van der Waals surface area contributed by atoms with Crippen LogP contribution in [0.1, 0.15) is 0 Å². The summed E-state index contributed by atoms with van der Waals surface area (Å²) < 4.78 is 101. The Morgan fingerprint density at radius 1 is 0.857 bits per heavy atom. The summed E-state index contributed by atoms with van der Waals surface area (Å²) in [5.41, 5.74) is 0. The Morgan fingerprint density at radius 3 is 1.21 bits per heavy atom. The summed E-state index contributed by atoms with van der Waals surface area (Å²) >= 11 is 0. The normalized spacial score (nSPS) is 15.7. The summed E-state index contributed by atoms with van der Waals surface area (Å²) in [5, 5.41) is -6.40. The van der Waals surface area contributed by atoms with E-state index in [1.54, 1.807) is 0 Å². The third-order valence-corrected chi connectivity index (χ3v) is 2.48. The Labute approximate surface area is 77.1 Å². The molecule has 0 atom stereocenters. The Kier molecular flexibility index (Phi) is 3.07. The highest BCUT2D eigenvalue weighted by molar-refractivity contribution is 8.14. The van der Waals surface area contributed by atoms with Crippen LogP contribution in [-0.4, -0.2) is 25.8 Å². The molecular weight excluding hydrogens is 269 g/mol. The molecule has 0 fully saturated rings. The van der Waals surface area contributed by atoms with Crippen LogP contribution in [0.15, 0.2) is 0 Å². The van der Waals surface area contributed by atoms with Crippen LogP contribution in [0.2, 0.25) is 0 Å². The van der Waals surface area contributed by atoms with Crippen molar-refractivity contribution in [1.82, 2.24) is 0 Å². The van der Waals surface area contributed by atoms with E-state index in [4.69, 9.17) is 0 Å². The van der Waals surface area contributed by atoms with Crippen molar-refractivity contribution in [3.8, 4) is 0 Å². The molecule has 0 aromatic rings. The van der Waals surface area contributed by atoms with Crippen molar-refractivity contribution in [2.75, 3.05) is 0 Å². The van der Waals surface area contributed by atoms with Crippen LogP contribution in [0, 0.1) is 0 Å². The molecule has 86 valence electrons. The summed E-state index contributed by atoms with van der Waals surface area (Å²) in [6, 6.07) is 0. The minimum Gasteiger partial charge on any atom is -0.206 e. The maximum absolute atomic E-state index is 12.0. The molecular formula is C3ClF7O2S. The van der Waals surface area contributed by atoms with E-state index in [0.29, 0.717) is 0 Å². The second kappa shape index (κ2) is 3.12. The number of hydrogen-bond donors (Lipinski definition) is 0. The summed E-state index contributed by atoms with van der Waals surface area (Å²) in [6.45, 7) is 0. The molecule has 14 heavy (non-hydrogen) atoms. The molecule has 0 aromatic carbocycles. The minimum atomic E-state index is -6.74. The Balaban J connectivity index is 5.54. The molecule has 0 aliphatic rings. The summed E-state index contributed by atoms with van der Waals surface area (Å²) in [4.78, 5) is 0. The fraction of sp³-hybridized carbons (Fsp3) is 1.00. The van der Waals surface area contributed by atoms with E-state index >= 15 is 0 Å². The lowest BCUT2D eigenvalue weighted by Crippen LogP contribution is -2.54. The van der Waals surface area contributed by atoms with Gasteiger partial charge in [-0.2, -0.15) is 30.7 Å². The highest BCUT2D eigenvalue weighted by atomic mass is 35.7. The van der Waals surface area contributed by atoms with Gasteiger partial charge in [0.15, 0.2) is 0 Å². The third kappa shape index (κ3) is 1.90. The van der Waals surface area contributed by atoms with Crippen LogP contribution < -0.4 is 0 Å². The maximum atomic E-state index is 12.0. The molecule has 0 bridgehead atoms. The number of hydrogen-bond acceptors (Lipinski definition) is 2. The lowest BCUT2D eigenvalue weighted by atomic mass is 10.3. The first-order valence-corrected chi connectivity index (χ1v) is 4.82. The van der Waals surface area contributed by atoms with E-state index in [1.165, 1.54) is 0 Å². The lowest BCUT2D eigenvalue weighted by molar-refractivity contribution is -0.331. The molecule has 0 amide bonds. The Morgan fingerprint density at radius 2 is 1.14 bits per heavy atom. The van der Waals surface area contributed by atoms with Crippen LogP contribution in [0.3, 0.4) is 0 Å². The predicted molar refractivity (Wildman–Crippen MR) is 30.7 cm³/mol. The average molecular weight is 269 g/mol. The SMILES string of the molecule is O=S(=O)(Cl)C(F)(F)C(F)(F)C(F)(F)F. The van der Waals surface area contributed by atoms with Crippen molar-refractivity contribution >= 4 is 19.7 Å². The number of alkyl halides is 7. The van der Waals surface area contributed by atoms with E-state index in [9.17, 15) is 39.2 Å². The first kappa shape index (κ1) is 13.8. The van der Waals surface area contributed by atoms with Gasteiger partial charge in [-0.25, -0.2) is 8.42 Å². The molecule has 0 saturated heterocycles. The highest BCUT2D eigenvalue weighted by Crippen LogP contribution is 2.49. The van der Waals surface area contributed by atoms with Crippen molar-refractivity contribution in [3.05, 3.63) is 0 Å². The van der Waals surface area contributed by atoms with Crippen molar-refractivity contribution in [3.63, 3.8) is 0 Å². The van der Waals surface area contributed by atoms with Gasteiger partial charge < -0.3 is 0 Å². The molecule has 0 rings (SSSR count). The van der Waals surface area contributed by atoms with Crippen LogP contribution in [0.5, 0.6) is 0 Å². The van der Waals surface area contributed by atoms with Crippen LogP contribution in [0.4, 0.5) is 30.7 Å². The first-order valence-electron chi connectivity index (χ1n) is 2.51.